The van der Waals surface area contributed by atoms with Crippen molar-refractivity contribution < 1.29 is 14.3 Å². The number of nitrogens with zero attached hydrogens (tertiary/aromatic N) is 2. The number of amides is 1. The van der Waals surface area contributed by atoms with Crippen LogP contribution >= 0.6 is 0 Å². The van der Waals surface area contributed by atoms with Crippen LogP contribution in [0.2, 0.25) is 0 Å². The maximum absolute atomic E-state index is 12.4. The summed E-state index contributed by atoms with van der Waals surface area (Å²) < 4.78 is 12.3. The first kappa shape index (κ1) is 23.9. The molecule has 3 heterocycles. The average Bonchev–Trinajstić information content (AvgIpc) is 3.34. The van der Waals surface area contributed by atoms with Gasteiger partial charge in [-0.15, -0.1) is 0 Å². The standard InChI is InChI=1S/C27H42N4O3/c1-31(24-5-2-6-25-27(24)34-20-33-25)16-14-30(15-17-31)13-11-21-7-9-23(10-8-21)29-26(32)18-22-4-3-12-28-19-22/h2,5-6,21-23,28H,3-4,7-20H2,1H3/p+1. The third kappa shape index (κ3) is 5.69. The van der Waals surface area contributed by atoms with Crippen molar-refractivity contribution in [3.8, 4) is 11.5 Å². The van der Waals surface area contributed by atoms with Gasteiger partial charge in [-0.1, -0.05) is 6.07 Å². The minimum Gasteiger partial charge on any atom is -0.453 e. The van der Waals surface area contributed by atoms with E-state index in [4.69, 9.17) is 9.47 Å². The number of benzene rings is 1. The molecule has 1 aliphatic carbocycles. The van der Waals surface area contributed by atoms with E-state index in [1.54, 1.807) is 0 Å². The Morgan fingerprint density at radius 3 is 2.71 bits per heavy atom. The number of likely N-dealkylation sites (N-methyl/N-ethyl adjacent to an activating group) is 1. The number of ether oxygens (including phenoxy) is 2. The van der Waals surface area contributed by atoms with Gasteiger partial charge >= 0.3 is 0 Å². The lowest BCUT2D eigenvalue weighted by molar-refractivity contribution is -0.123. The lowest BCUT2D eigenvalue weighted by atomic mass is 9.83. The predicted octanol–water partition coefficient (Wildman–Crippen LogP) is 3.12. The van der Waals surface area contributed by atoms with E-state index in [0.717, 1.165) is 74.0 Å². The maximum atomic E-state index is 12.4. The number of piperidine rings is 1. The van der Waals surface area contributed by atoms with Gasteiger partial charge in [0.05, 0.1) is 20.1 Å². The van der Waals surface area contributed by atoms with E-state index in [1.165, 1.54) is 44.3 Å². The molecular weight excluding hydrogens is 428 g/mol. The Morgan fingerprint density at radius 1 is 1.12 bits per heavy atom. The fourth-order valence-corrected chi connectivity index (χ4v) is 6.36. The second kappa shape index (κ2) is 10.8. The van der Waals surface area contributed by atoms with Gasteiger partial charge in [0.15, 0.2) is 11.4 Å². The Labute approximate surface area is 204 Å². The number of quaternary nitrogens is 1. The van der Waals surface area contributed by atoms with E-state index in [9.17, 15) is 4.79 Å². The predicted molar refractivity (Wildman–Crippen MR) is 135 cm³/mol. The molecule has 7 heteroatoms. The molecule has 1 aromatic carbocycles. The van der Waals surface area contributed by atoms with Gasteiger partial charge in [-0.2, -0.15) is 0 Å². The maximum Gasteiger partial charge on any atom is 0.231 e. The van der Waals surface area contributed by atoms with Crippen LogP contribution in [0.1, 0.15) is 51.4 Å². The van der Waals surface area contributed by atoms with E-state index in [0.29, 0.717) is 25.2 Å². The van der Waals surface area contributed by atoms with Crippen LogP contribution in [-0.4, -0.2) is 76.5 Å². The van der Waals surface area contributed by atoms with Crippen LogP contribution in [0, 0.1) is 11.8 Å². The Bertz CT molecular complexity index is 825. The summed E-state index contributed by atoms with van der Waals surface area (Å²) in [4.78, 5) is 15.1. The Kier molecular flexibility index (Phi) is 7.61. The molecule has 1 amide bonds. The number of para-hydroxylation sites is 1. The molecule has 2 saturated heterocycles. The zero-order chi connectivity index (χ0) is 23.4. The van der Waals surface area contributed by atoms with E-state index in [1.807, 2.05) is 6.07 Å². The molecule has 3 aliphatic heterocycles. The summed E-state index contributed by atoms with van der Waals surface area (Å²) in [5, 5.41) is 6.75. The van der Waals surface area contributed by atoms with E-state index < -0.39 is 0 Å². The second-order valence-corrected chi connectivity index (χ2v) is 11.2. The Balaban J connectivity index is 1.01. The highest BCUT2D eigenvalue weighted by atomic mass is 16.7. The number of rotatable bonds is 7. The lowest BCUT2D eigenvalue weighted by Gasteiger charge is -2.42. The molecule has 2 N–H and O–H groups in total. The number of carbonyl (C=O) groups is 1. The molecule has 1 aromatic rings. The van der Waals surface area contributed by atoms with Crippen LogP contribution in [0.25, 0.3) is 0 Å². The topological polar surface area (TPSA) is 62.8 Å². The lowest BCUT2D eigenvalue weighted by Crippen LogP contribution is -2.58. The molecule has 0 radical (unpaired) electrons. The quantitative estimate of drug-likeness (QED) is 0.599. The molecule has 0 aromatic heterocycles. The van der Waals surface area contributed by atoms with Crippen molar-refractivity contribution in [3.05, 3.63) is 18.2 Å². The van der Waals surface area contributed by atoms with Crippen LogP contribution in [-0.2, 0) is 4.79 Å². The van der Waals surface area contributed by atoms with Gasteiger partial charge in [0.1, 0.15) is 0 Å². The van der Waals surface area contributed by atoms with Crippen molar-refractivity contribution in [2.75, 3.05) is 59.7 Å². The fourth-order valence-electron chi connectivity index (χ4n) is 6.36. The van der Waals surface area contributed by atoms with Crippen LogP contribution in [0.3, 0.4) is 0 Å². The average molecular weight is 472 g/mol. The molecule has 1 atom stereocenters. The largest absolute Gasteiger partial charge is 0.453 e. The van der Waals surface area contributed by atoms with Gasteiger partial charge in [-0.05, 0) is 82.5 Å². The molecule has 0 spiro atoms. The highest BCUT2D eigenvalue weighted by Gasteiger charge is 2.36. The Morgan fingerprint density at radius 2 is 1.94 bits per heavy atom. The van der Waals surface area contributed by atoms with E-state index >= 15 is 0 Å². The van der Waals surface area contributed by atoms with Crippen molar-refractivity contribution in [3.63, 3.8) is 0 Å². The molecule has 5 rings (SSSR count). The SMILES string of the molecule is C[N+]1(c2cccc3c2OCO3)CCN(CCC2CCC(NC(=O)CC3CCCNC3)CC2)CC1. The van der Waals surface area contributed by atoms with Gasteiger partial charge < -0.3 is 20.1 Å². The molecule has 4 aliphatic rings. The molecule has 1 unspecified atom stereocenters. The smallest absolute Gasteiger partial charge is 0.231 e. The van der Waals surface area contributed by atoms with Crippen molar-refractivity contribution in [2.24, 2.45) is 11.8 Å². The molecule has 1 saturated carbocycles. The summed E-state index contributed by atoms with van der Waals surface area (Å²) in [6.07, 6.45) is 9.19. The number of nitrogens with one attached hydrogen (secondary N) is 2. The third-order valence-electron chi connectivity index (χ3n) is 8.72. The van der Waals surface area contributed by atoms with E-state index in [2.05, 4.69) is 34.7 Å². The number of piperazine rings is 1. The van der Waals surface area contributed by atoms with Gasteiger partial charge in [-0.25, -0.2) is 0 Å². The van der Waals surface area contributed by atoms with Gasteiger partial charge in [-0.3, -0.25) is 14.2 Å². The molecule has 0 bridgehead atoms. The summed E-state index contributed by atoms with van der Waals surface area (Å²) in [6, 6.07) is 6.69. The summed E-state index contributed by atoms with van der Waals surface area (Å²) in [5.41, 5.74) is 1.26. The first-order valence-corrected chi connectivity index (χ1v) is 13.6. The summed E-state index contributed by atoms with van der Waals surface area (Å²) in [5.74, 6) is 3.43. The van der Waals surface area contributed by atoms with Gasteiger partial charge in [0, 0.05) is 31.6 Å². The van der Waals surface area contributed by atoms with Gasteiger partial charge in [0.25, 0.3) is 0 Å². The van der Waals surface area contributed by atoms with Crippen LogP contribution in [0.4, 0.5) is 5.69 Å². The minimum atomic E-state index is 0.271. The zero-order valence-electron chi connectivity index (χ0n) is 20.9. The number of hydrogen-bond acceptors (Lipinski definition) is 5. The Hall–Kier alpha value is -1.83. The molecule has 7 nitrogen and oxygen atoms in total. The number of hydrogen-bond donors (Lipinski definition) is 2. The minimum absolute atomic E-state index is 0.271. The summed E-state index contributed by atoms with van der Waals surface area (Å²) in [6.45, 7) is 8.11. The summed E-state index contributed by atoms with van der Waals surface area (Å²) in [7, 11) is 2.33. The third-order valence-corrected chi connectivity index (χ3v) is 8.72. The number of fused-ring (bicyclic) bond motifs is 1. The van der Waals surface area contributed by atoms with Gasteiger partial charge in [0.2, 0.25) is 18.4 Å². The number of carbonyl (C=O) groups excluding carboxylic acids is 1. The summed E-state index contributed by atoms with van der Waals surface area (Å²) >= 11 is 0. The van der Waals surface area contributed by atoms with Crippen molar-refractivity contribution in [1.29, 1.82) is 0 Å². The first-order chi connectivity index (χ1) is 16.6. The van der Waals surface area contributed by atoms with Crippen LogP contribution in [0.15, 0.2) is 18.2 Å². The normalized spacial score (nSPS) is 29.0. The van der Waals surface area contributed by atoms with Crippen LogP contribution in [0.5, 0.6) is 11.5 Å². The first-order valence-electron chi connectivity index (χ1n) is 13.6. The van der Waals surface area contributed by atoms with Crippen molar-refractivity contribution >= 4 is 11.6 Å². The highest BCUT2D eigenvalue weighted by Crippen LogP contribution is 2.43. The van der Waals surface area contributed by atoms with Crippen molar-refractivity contribution in [1.82, 2.24) is 20.0 Å². The molecule has 188 valence electrons. The van der Waals surface area contributed by atoms with Crippen molar-refractivity contribution in [2.45, 2.75) is 57.4 Å². The highest BCUT2D eigenvalue weighted by molar-refractivity contribution is 5.76. The van der Waals surface area contributed by atoms with E-state index in [-0.39, 0.29) is 5.91 Å². The molecule has 34 heavy (non-hydrogen) atoms. The van der Waals surface area contributed by atoms with Crippen LogP contribution < -0.4 is 24.6 Å². The fraction of sp³-hybridized carbons (Fsp3) is 0.741. The molecule has 3 fully saturated rings. The monoisotopic (exact) mass is 471 g/mol. The second-order valence-electron chi connectivity index (χ2n) is 11.2. The zero-order valence-corrected chi connectivity index (χ0v) is 20.9. The molecular formula is C27H43N4O3+.